The summed E-state index contributed by atoms with van der Waals surface area (Å²) in [6.07, 6.45) is 3.23. The Morgan fingerprint density at radius 2 is 2.25 bits per heavy atom. The van der Waals surface area contributed by atoms with Gasteiger partial charge in [0.2, 0.25) is 0 Å². The summed E-state index contributed by atoms with van der Waals surface area (Å²) in [5.41, 5.74) is 3.17. The molecule has 1 aliphatic heterocycles. The summed E-state index contributed by atoms with van der Waals surface area (Å²) >= 11 is 0. The van der Waals surface area contributed by atoms with Gasteiger partial charge in [-0.05, 0) is 13.0 Å². The molecule has 3 aromatic rings. The Morgan fingerprint density at radius 3 is 2.96 bits per heavy atom. The Kier molecular flexibility index (Phi) is 3.34. The van der Waals surface area contributed by atoms with E-state index in [1.807, 2.05) is 31.2 Å². The van der Waals surface area contributed by atoms with Crippen molar-refractivity contribution in [2.24, 2.45) is 7.05 Å². The highest BCUT2D eigenvalue weighted by Gasteiger charge is 2.27. The molecule has 24 heavy (non-hydrogen) atoms. The maximum atomic E-state index is 12.3. The lowest BCUT2D eigenvalue weighted by Crippen LogP contribution is -2.29. The number of amides is 1. The van der Waals surface area contributed by atoms with Gasteiger partial charge in [-0.25, -0.2) is 0 Å². The van der Waals surface area contributed by atoms with Gasteiger partial charge in [0.25, 0.3) is 5.91 Å². The number of nitrogens with zero attached hydrogens (tertiary/aromatic N) is 3. The van der Waals surface area contributed by atoms with Crippen molar-refractivity contribution in [2.45, 2.75) is 13.0 Å². The molecule has 0 radical (unpaired) electrons. The molecular formula is C17H16N4O3. The van der Waals surface area contributed by atoms with Gasteiger partial charge >= 0.3 is 0 Å². The first-order valence-electron chi connectivity index (χ1n) is 7.60. The lowest BCUT2D eigenvalue weighted by molar-refractivity contribution is 0.0930. The average Bonchev–Trinajstić information content (AvgIpc) is 3.28. The summed E-state index contributed by atoms with van der Waals surface area (Å²) in [5, 5.41) is 11.0. The van der Waals surface area contributed by atoms with Crippen LogP contribution in [0, 0.1) is 6.92 Å². The summed E-state index contributed by atoms with van der Waals surface area (Å²) in [4.78, 5) is 12.3. The summed E-state index contributed by atoms with van der Waals surface area (Å²) in [5.74, 6) is 1.35. The molecule has 0 fully saturated rings. The highest BCUT2D eigenvalue weighted by molar-refractivity contribution is 5.94. The molecule has 1 atom stereocenters. The quantitative estimate of drug-likeness (QED) is 0.799. The molecule has 0 spiro atoms. The molecule has 0 saturated heterocycles. The van der Waals surface area contributed by atoms with Gasteiger partial charge in [-0.3, -0.25) is 9.48 Å². The van der Waals surface area contributed by atoms with E-state index in [9.17, 15) is 4.79 Å². The predicted molar refractivity (Wildman–Crippen MR) is 85.6 cm³/mol. The fourth-order valence-electron chi connectivity index (χ4n) is 2.77. The second-order valence-corrected chi connectivity index (χ2v) is 5.82. The number of nitrogens with one attached hydrogen (secondary N) is 1. The third-order valence-electron chi connectivity index (χ3n) is 3.99. The summed E-state index contributed by atoms with van der Waals surface area (Å²) in [6.45, 7) is 2.26. The molecule has 1 N–H and O–H groups in total. The maximum absolute atomic E-state index is 12.3. The summed E-state index contributed by atoms with van der Waals surface area (Å²) in [7, 11) is 1.78. The average molecular weight is 324 g/mol. The van der Waals surface area contributed by atoms with Crippen molar-refractivity contribution in [3.05, 3.63) is 53.5 Å². The fourth-order valence-corrected chi connectivity index (χ4v) is 2.77. The van der Waals surface area contributed by atoms with E-state index >= 15 is 0 Å². The van der Waals surface area contributed by atoms with Crippen molar-refractivity contribution in [3.8, 4) is 17.0 Å². The smallest absolute Gasteiger partial charge is 0.255 e. The minimum atomic E-state index is -0.180. The van der Waals surface area contributed by atoms with Crippen LogP contribution in [0.5, 0.6) is 5.75 Å². The highest BCUT2D eigenvalue weighted by atomic mass is 16.5. The zero-order chi connectivity index (χ0) is 16.7. The van der Waals surface area contributed by atoms with E-state index in [1.54, 1.807) is 24.1 Å². The number of aryl methyl sites for hydroxylation is 2. The molecular weight excluding hydrogens is 308 g/mol. The Bertz CT molecular complexity index is 912. The molecule has 1 aliphatic rings. The van der Waals surface area contributed by atoms with Crippen LogP contribution in [0.1, 0.15) is 27.7 Å². The Balaban J connectivity index is 1.55. The zero-order valence-corrected chi connectivity index (χ0v) is 13.3. The number of hydrogen-bond acceptors (Lipinski definition) is 5. The van der Waals surface area contributed by atoms with Crippen molar-refractivity contribution < 1.29 is 14.1 Å². The van der Waals surface area contributed by atoms with E-state index in [1.165, 1.54) is 0 Å². The minimum Gasteiger partial charge on any atom is -0.491 e. The second-order valence-electron chi connectivity index (χ2n) is 5.82. The van der Waals surface area contributed by atoms with Gasteiger partial charge in [0.15, 0.2) is 0 Å². The molecule has 1 aromatic carbocycles. The molecule has 7 nitrogen and oxygen atoms in total. The molecule has 1 amide bonds. The van der Waals surface area contributed by atoms with Crippen LogP contribution < -0.4 is 10.1 Å². The monoisotopic (exact) mass is 324 g/mol. The van der Waals surface area contributed by atoms with Gasteiger partial charge in [-0.2, -0.15) is 5.10 Å². The van der Waals surface area contributed by atoms with E-state index in [0.29, 0.717) is 12.2 Å². The normalized spacial score (nSPS) is 15.8. The highest BCUT2D eigenvalue weighted by Crippen LogP contribution is 2.35. The number of hydrogen-bond donors (Lipinski definition) is 1. The molecule has 0 bridgehead atoms. The third kappa shape index (κ3) is 2.54. The van der Waals surface area contributed by atoms with Crippen molar-refractivity contribution in [2.75, 3.05) is 6.61 Å². The van der Waals surface area contributed by atoms with Crippen molar-refractivity contribution in [3.63, 3.8) is 0 Å². The number of fused-ring (bicyclic) bond motifs is 1. The molecule has 122 valence electrons. The van der Waals surface area contributed by atoms with E-state index in [-0.39, 0.29) is 11.9 Å². The van der Waals surface area contributed by atoms with Crippen molar-refractivity contribution in [1.29, 1.82) is 0 Å². The number of carbonyl (C=O) groups excluding carboxylic acids is 1. The van der Waals surface area contributed by atoms with Gasteiger partial charge in [0.1, 0.15) is 23.8 Å². The predicted octanol–water partition coefficient (Wildman–Crippen LogP) is 2.25. The van der Waals surface area contributed by atoms with Gasteiger partial charge in [-0.15, -0.1) is 0 Å². The molecule has 3 heterocycles. The van der Waals surface area contributed by atoms with Gasteiger partial charge < -0.3 is 14.6 Å². The molecule has 7 heteroatoms. The van der Waals surface area contributed by atoms with E-state index in [0.717, 1.165) is 28.3 Å². The van der Waals surface area contributed by atoms with E-state index in [2.05, 4.69) is 15.6 Å². The van der Waals surface area contributed by atoms with Crippen LogP contribution in [0.25, 0.3) is 11.3 Å². The third-order valence-corrected chi connectivity index (χ3v) is 3.99. The van der Waals surface area contributed by atoms with E-state index < -0.39 is 0 Å². The van der Waals surface area contributed by atoms with Crippen LogP contribution in [0.15, 0.2) is 41.2 Å². The van der Waals surface area contributed by atoms with Crippen LogP contribution in [-0.2, 0) is 7.05 Å². The first-order chi connectivity index (χ1) is 11.6. The maximum Gasteiger partial charge on any atom is 0.255 e. The van der Waals surface area contributed by atoms with Crippen LogP contribution in [0.3, 0.4) is 0 Å². The molecule has 0 saturated carbocycles. The Morgan fingerprint density at radius 1 is 1.38 bits per heavy atom. The number of ether oxygens (including phenoxy) is 1. The van der Waals surface area contributed by atoms with Crippen LogP contribution in [-0.4, -0.2) is 27.5 Å². The number of benzene rings is 1. The summed E-state index contributed by atoms with van der Waals surface area (Å²) in [6, 6.07) is 7.52. The molecule has 2 aromatic heterocycles. The number of aromatic nitrogens is 3. The molecule has 1 unspecified atom stereocenters. The molecule has 0 aliphatic carbocycles. The first kappa shape index (κ1) is 14.5. The van der Waals surface area contributed by atoms with Gasteiger partial charge in [0, 0.05) is 30.4 Å². The number of carbonyl (C=O) groups is 1. The van der Waals surface area contributed by atoms with Gasteiger partial charge in [0.05, 0.1) is 17.8 Å². The second kappa shape index (κ2) is 5.52. The van der Waals surface area contributed by atoms with Crippen molar-refractivity contribution in [1.82, 2.24) is 20.3 Å². The topological polar surface area (TPSA) is 82.2 Å². The van der Waals surface area contributed by atoms with Crippen molar-refractivity contribution >= 4 is 5.91 Å². The van der Waals surface area contributed by atoms with Gasteiger partial charge in [-0.1, -0.05) is 17.3 Å². The summed E-state index contributed by atoms with van der Waals surface area (Å²) < 4.78 is 12.4. The Labute approximate surface area is 138 Å². The molecule has 4 rings (SSSR count). The lowest BCUT2D eigenvalue weighted by atomic mass is 10.0. The minimum absolute atomic E-state index is 0.166. The fraction of sp³-hybridized carbons (Fsp3) is 0.235. The number of rotatable bonds is 3. The lowest BCUT2D eigenvalue weighted by Gasteiger charge is -2.10. The Hall–Kier alpha value is -3.09. The van der Waals surface area contributed by atoms with E-state index in [4.69, 9.17) is 9.26 Å². The first-order valence-corrected chi connectivity index (χ1v) is 7.60. The largest absolute Gasteiger partial charge is 0.491 e. The SMILES string of the molecule is Cc1cc(-c2ccc3c(c2)OCC3NC(=O)c2cnn(C)c2)no1. The van der Waals surface area contributed by atoms with Crippen LogP contribution >= 0.6 is 0 Å². The van der Waals surface area contributed by atoms with Crippen LogP contribution in [0.4, 0.5) is 0 Å². The van der Waals surface area contributed by atoms with Crippen LogP contribution in [0.2, 0.25) is 0 Å². The standard InChI is InChI=1S/C17H16N4O3/c1-10-5-14(20-24-10)11-3-4-13-15(9-23-16(13)6-11)19-17(22)12-7-18-21(2)8-12/h3-8,15H,9H2,1-2H3,(H,19,22). The zero-order valence-electron chi connectivity index (χ0n) is 13.3.